The monoisotopic (exact) mass is 313 g/mol. The van der Waals surface area contributed by atoms with Gasteiger partial charge in [-0.3, -0.25) is 9.88 Å². The fourth-order valence-electron chi connectivity index (χ4n) is 2.37. The molecule has 0 amide bonds. The first-order valence-corrected chi connectivity index (χ1v) is 8.12. The van der Waals surface area contributed by atoms with Gasteiger partial charge in [0, 0.05) is 35.6 Å². The SMILES string of the molecule is c1cc(-c2noc(CN(Cc3nccs3)C3CC3)n2)ccn1. The van der Waals surface area contributed by atoms with E-state index < -0.39 is 0 Å². The molecule has 1 aliphatic carbocycles. The smallest absolute Gasteiger partial charge is 0.241 e. The van der Waals surface area contributed by atoms with Crippen LogP contribution < -0.4 is 0 Å². The van der Waals surface area contributed by atoms with Crippen LogP contribution in [0.3, 0.4) is 0 Å². The quantitative estimate of drug-likeness (QED) is 0.697. The lowest BCUT2D eigenvalue weighted by molar-refractivity contribution is 0.209. The highest BCUT2D eigenvalue weighted by Gasteiger charge is 2.30. The fraction of sp³-hybridized carbons (Fsp3) is 0.333. The van der Waals surface area contributed by atoms with E-state index in [0.717, 1.165) is 17.1 Å². The summed E-state index contributed by atoms with van der Waals surface area (Å²) in [5.74, 6) is 1.26. The van der Waals surface area contributed by atoms with E-state index in [-0.39, 0.29) is 0 Å². The number of thiazole rings is 1. The maximum atomic E-state index is 5.41. The van der Waals surface area contributed by atoms with Crippen LogP contribution in [0.1, 0.15) is 23.7 Å². The molecule has 1 saturated carbocycles. The summed E-state index contributed by atoms with van der Waals surface area (Å²) in [4.78, 5) is 15.2. The zero-order chi connectivity index (χ0) is 14.8. The average molecular weight is 313 g/mol. The molecule has 0 aliphatic heterocycles. The van der Waals surface area contributed by atoms with E-state index in [0.29, 0.717) is 24.3 Å². The van der Waals surface area contributed by atoms with Crippen molar-refractivity contribution in [1.29, 1.82) is 0 Å². The summed E-state index contributed by atoms with van der Waals surface area (Å²) in [6, 6.07) is 4.37. The van der Waals surface area contributed by atoms with Crippen molar-refractivity contribution in [1.82, 2.24) is 25.0 Å². The topological polar surface area (TPSA) is 67.9 Å². The van der Waals surface area contributed by atoms with Gasteiger partial charge < -0.3 is 4.52 Å². The van der Waals surface area contributed by atoms with Crippen molar-refractivity contribution < 1.29 is 4.52 Å². The molecule has 3 aromatic rings. The van der Waals surface area contributed by atoms with Crippen LogP contribution in [0.5, 0.6) is 0 Å². The van der Waals surface area contributed by atoms with Gasteiger partial charge in [-0.1, -0.05) is 5.16 Å². The third-order valence-corrected chi connectivity index (χ3v) is 4.39. The van der Waals surface area contributed by atoms with E-state index in [1.165, 1.54) is 12.8 Å². The Labute approximate surface area is 131 Å². The van der Waals surface area contributed by atoms with E-state index in [2.05, 4.69) is 25.0 Å². The zero-order valence-corrected chi connectivity index (χ0v) is 12.7. The Bertz CT molecular complexity index is 723. The van der Waals surface area contributed by atoms with E-state index in [1.807, 2.05) is 23.7 Å². The van der Waals surface area contributed by atoms with Crippen molar-refractivity contribution in [3.8, 4) is 11.4 Å². The Morgan fingerprint density at radius 1 is 1.18 bits per heavy atom. The Morgan fingerprint density at radius 3 is 2.77 bits per heavy atom. The van der Waals surface area contributed by atoms with Gasteiger partial charge in [0.1, 0.15) is 5.01 Å². The number of hydrogen-bond acceptors (Lipinski definition) is 7. The second-order valence-corrected chi connectivity index (χ2v) is 6.29. The molecular weight excluding hydrogens is 298 g/mol. The molecule has 112 valence electrons. The minimum atomic E-state index is 0.611. The highest BCUT2D eigenvalue weighted by molar-refractivity contribution is 7.09. The summed E-state index contributed by atoms with van der Waals surface area (Å²) in [6.07, 6.45) is 7.77. The van der Waals surface area contributed by atoms with Crippen LogP contribution in [-0.2, 0) is 13.1 Å². The van der Waals surface area contributed by atoms with Gasteiger partial charge in [0.2, 0.25) is 11.7 Å². The number of hydrogen-bond donors (Lipinski definition) is 0. The molecule has 0 saturated heterocycles. The van der Waals surface area contributed by atoms with Crippen LogP contribution >= 0.6 is 11.3 Å². The van der Waals surface area contributed by atoms with Gasteiger partial charge in [0.15, 0.2) is 0 Å². The summed E-state index contributed by atoms with van der Waals surface area (Å²) >= 11 is 1.68. The Hall–Kier alpha value is -2.12. The first-order valence-electron chi connectivity index (χ1n) is 7.24. The van der Waals surface area contributed by atoms with Gasteiger partial charge in [-0.25, -0.2) is 4.98 Å². The maximum Gasteiger partial charge on any atom is 0.241 e. The van der Waals surface area contributed by atoms with Crippen LogP contribution in [0, 0.1) is 0 Å². The fourth-order valence-corrected chi connectivity index (χ4v) is 3.01. The van der Waals surface area contributed by atoms with Crippen LogP contribution in [0.2, 0.25) is 0 Å². The molecule has 0 spiro atoms. The van der Waals surface area contributed by atoms with Gasteiger partial charge >= 0.3 is 0 Å². The molecule has 0 aromatic carbocycles. The molecule has 22 heavy (non-hydrogen) atoms. The second kappa shape index (κ2) is 5.94. The minimum absolute atomic E-state index is 0.611. The third kappa shape index (κ3) is 3.05. The zero-order valence-electron chi connectivity index (χ0n) is 11.9. The molecular formula is C15H15N5OS. The van der Waals surface area contributed by atoms with Gasteiger partial charge in [0.25, 0.3) is 0 Å². The summed E-state index contributed by atoms with van der Waals surface area (Å²) in [7, 11) is 0. The van der Waals surface area contributed by atoms with Crippen molar-refractivity contribution in [2.24, 2.45) is 0 Å². The average Bonchev–Trinajstić information content (AvgIpc) is 3.08. The van der Waals surface area contributed by atoms with E-state index in [9.17, 15) is 0 Å². The number of aromatic nitrogens is 4. The molecule has 6 nitrogen and oxygen atoms in total. The minimum Gasteiger partial charge on any atom is -0.338 e. The van der Waals surface area contributed by atoms with Crippen molar-refractivity contribution in [3.63, 3.8) is 0 Å². The first kappa shape index (κ1) is 13.5. The molecule has 0 atom stereocenters. The van der Waals surface area contributed by atoms with Crippen molar-refractivity contribution >= 4 is 11.3 Å². The lowest BCUT2D eigenvalue weighted by atomic mass is 10.2. The first-order chi connectivity index (χ1) is 10.9. The van der Waals surface area contributed by atoms with E-state index >= 15 is 0 Å². The predicted octanol–water partition coefficient (Wildman–Crippen LogP) is 2.75. The van der Waals surface area contributed by atoms with Crippen LogP contribution in [0.25, 0.3) is 11.4 Å². The third-order valence-electron chi connectivity index (χ3n) is 3.63. The Balaban J connectivity index is 1.48. The molecule has 1 fully saturated rings. The van der Waals surface area contributed by atoms with Crippen molar-refractivity contribution in [2.45, 2.75) is 32.0 Å². The Morgan fingerprint density at radius 2 is 2.05 bits per heavy atom. The van der Waals surface area contributed by atoms with E-state index in [4.69, 9.17) is 4.52 Å². The lowest BCUT2D eigenvalue weighted by Gasteiger charge is -2.18. The van der Waals surface area contributed by atoms with Crippen LogP contribution in [0.15, 0.2) is 40.6 Å². The van der Waals surface area contributed by atoms with E-state index in [1.54, 1.807) is 23.7 Å². The van der Waals surface area contributed by atoms with Crippen molar-refractivity contribution in [3.05, 3.63) is 47.0 Å². The number of pyridine rings is 1. The molecule has 4 rings (SSSR count). The molecule has 3 heterocycles. The highest BCUT2D eigenvalue weighted by Crippen LogP contribution is 2.30. The molecule has 3 aromatic heterocycles. The largest absolute Gasteiger partial charge is 0.338 e. The molecule has 0 unspecified atom stereocenters. The van der Waals surface area contributed by atoms with Gasteiger partial charge in [-0.2, -0.15) is 4.98 Å². The number of rotatable bonds is 6. The van der Waals surface area contributed by atoms with Gasteiger partial charge in [-0.15, -0.1) is 11.3 Å². The second-order valence-electron chi connectivity index (χ2n) is 5.31. The molecule has 0 bridgehead atoms. The number of nitrogens with zero attached hydrogens (tertiary/aromatic N) is 5. The van der Waals surface area contributed by atoms with Crippen molar-refractivity contribution in [2.75, 3.05) is 0 Å². The maximum absolute atomic E-state index is 5.41. The van der Waals surface area contributed by atoms with Gasteiger partial charge in [-0.05, 0) is 25.0 Å². The molecule has 0 N–H and O–H groups in total. The molecule has 0 radical (unpaired) electrons. The van der Waals surface area contributed by atoms with Crippen LogP contribution in [0.4, 0.5) is 0 Å². The normalized spacial score (nSPS) is 14.6. The van der Waals surface area contributed by atoms with Gasteiger partial charge in [0.05, 0.1) is 13.1 Å². The predicted molar refractivity (Wildman–Crippen MR) is 81.9 cm³/mol. The summed E-state index contributed by atoms with van der Waals surface area (Å²) < 4.78 is 5.41. The highest BCUT2D eigenvalue weighted by atomic mass is 32.1. The molecule has 7 heteroatoms. The summed E-state index contributed by atoms with van der Waals surface area (Å²) in [5.41, 5.74) is 0.919. The Kier molecular flexibility index (Phi) is 3.65. The standard InChI is InChI=1S/C15H15N5OS/c1-2-12(1)20(10-14-17-7-8-22-14)9-13-18-15(19-21-13)11-3-5-16-6-4-11/h3-8,12H,1-2,9-10H2. The summed E-state index contributed by atoms with van der Waals surface area (Å²) in [5, 5.41) is 7.20. The lowest BCUT2D eigenvalue weighted by Crippen LogP contribution is -2.25. The molecule has 1 aliphatic rings. The van der Waals surface area contributed by atoms with Crippen LogP contribution in [-0.4, -0.2) is 31.1 Å². The summed E-state index contributed by atoms with van der Waals surface area (Å²) in [6.45, 7) is 1.51.